The molecule has 2 aromatic rings. The van der Waals surface area contributed by atoms with Crippen LogP contribution in [-0.4, -0.2) is 25.2 Å². The van der Waals surface area contributed by atoms with Crippen molar-refractivity contribution in [3.05, 3.63) is 65.7 Å². The maximum absolute atomic E-state index is 12.4. The van der Waals surface area contributed by atoms with Crippen LogP contribution in [0.3, 0.4) is 0 Å². The molecule has 1 heterocycles. The van der Waals surface area contributed by atoms with Crippen molar-refractivity contribution in [3.8, 4) is 5.75 Å². The van der Waals surface area contributed by atoms with E-state index in [2.05, 4.69) is 35.2 Å². The summed E-state index contributed by atoms with van der Waals surface area (Å²) in [5.41, 5.74) is 8.74. The minimum atomic E-state index is -0.116. The van der Waals surface area contributed by atoms with Gasteiger partial charge in [0.25, 0.3) is 0 Å². The lowest BCUT2D eigenvalue weighted by molar-refractivity contribution is -0.122. The molecule has 1 aliphatic heterocycles. The van der Waals surface area contributed by atoms with Gasteiger partial charge in [0, 0.05) is 18.4 Å². The second-order valence-electron chi connectivity index (χ2n) is 6.41. The fourth-order valence-electron chi connectivity index (χ4n) is 3.30. The first kappa shape index (κ1) is 17.5. The standard InChI is InChI=1S/C20H25N3O2/c1-14-19(16-8-4-3-5-9-16)20(23-22-14)21-18(24)12-11-15-7-6-10-17(13-15)25-2/h3-10,13-14,19-20,22-23H,11-12H2,1-2H3,(H,21,24). The van der Waals surface area contributed by atoms with E-state index in [1.165, 1.54) is 5.56 Å². The molecule has 0 spiro atoms. The Hall–Kier alpha value is -2.37. The van der Waals surface area contributed by atoms with Gasteiger partial charge < -0.3 is 10.1 Å². The summed E-state index contributed by atoms with van der Waals surface area (Å²) in [7, 11) is 1.65. The molecular formula is C20H25N3O2. The molecule has 25 heavy (non-hydrogen) atoms. The Labute approximate surface area is 148 Å². The van der Waals surface area contributed by atoms with Crippen molar-refractivity contribution in [2.75, 3.05) is 7.11 Å². The number of nitrogens with one attached hydrogen (secondary N) is 3. The van der Waals surface area contributed by atoms with Crippen LogP contribution in [0.1, 0.15) is 30.4 Å². The second kappa shape index (κ2) is 8.14. The van der Waals surface area contributed by atoms with E-state index in [1.807, 2.05) is 42.5 Å². The van der Waals surface area contributed by atoms with E-state index in [-0.39, 0.29) is 24.0 Å². The van der Waals surface area contributed by atoms with Gasteiger partial charge in [0.1, 0.15) is 11.9 Å². The summed E-state index contributed by atoms with van der Waals surface area (Å²) in [4.78, 5) is 12.4. The van der Waals surface area contributed by atoms with Crippen molar-refractivity contribution < 1.29 is 9.53 Å². The van der Waals surface area contributed by atoms with Gasteiger partial charge in [-0.05, 0) is 36.6 Å². The lowest BCUT2D eigenvalue weighted by atomic mass is 9.91. The molecule has 3 rings (SSSR count). The summed E-state index contributed by atoms with van der Waals surface area (Å²) in [6, 6.07) is 18.3. The molecule has 1 fully saturated rings. The molecule has 3 N–H and O–H groups in total. The van der Waals surface area contributed by atoms with Gasteiger partial charge in [-0.1, -0.05) is 42.5 Å². The summed E-state index contributed by atoms with van der Waals surface area (Å²) in [6.07, 6.45) is 1.02. The molecule has 3 unspecified atom stereocenters. The first-order valence-corrected chi connectivity index (χ1v) is 8.65. The third-order valence-electron chi connectivity index (χ3n) is 4.64. The summed E-state index contributed by atoms with van der Waals surface area (Å²) in [6.45, 7) is 2.12. The van der Waals surface area contributed by atoms with Crippen LogP contribution in [0.2, 0.25) is 0 Å². The van der Waals surface area contributed by atoms with Gasteiger partial charge in [0.05, 0.1) is 7.11 Å². The van der Waals surface area contributed by atoms with Crippen molar-refractivity contribution in [2.24, 2.45) is 0 Å². The average Bonchev–Trinajstić information content (AvgIpc) is 3.01. The van der Waals surface area contributed by atoms with Gasteiger partial charge in [-0.15, -0.1) is 0 Å². The molecule has 3 atom stereocenters. The number of benzene rings is 2. The summed E-state index contributed by atoms with van der Waals surface area (Å²) < 4.78 is 5.23. The van der Waals surface area contributed by atoms with Gasteiger partial charge in [-0.2, -0.15) is 0 Å². The molecule has 132 valence electrons. The maximum Gasteiger partial charge on any atom is 0.221 e. The van der Waals surface area contributed by atoms with Gasteiger partial charge in [0.15, 0.2) is 0 Å². The number of hydrogen-bond donors (Lipinski definition) is 3. The zero-order valence-corrected chi connectivity index (χ0v) is 14.7. The predicted molar refractivity (Wildman–Crippen MR) is 98.2 cm³/mol. The topological polar surface area (TPSA) is 62.4 Å². The maximum atomic E-state index is 12.4. The Kier molecular flexibility index (Phi) is 5.68. The SMILES string of the molecule is COc1cccc(CCC(=O)NC2NNC(C)C2c2ccccc2)c1. The van der Waals surface area contributed by atoms with E-state index in [9.17, 15) is 4.79 Å². The number of carbonyl (C=O) groups excluding carboxylic acids is 1. The van der Waals surface area contributed by atoms with Crippen LogP contribution >= 0.6 is 0 Å². The second-order valence-corrected chi connectivity index (χ2v) is 6.41. The number of hydrazine groups is 1. The minimum absolute atomic E-state index is 0.0390. The summed E-state index contributed by atoms with van der Waals surface area (Å²) in [5, 5.41) is 3.11. The highest BCUT2D eigenvalue weighted by Gasteiger charge is 2.34. The molecule has 0 aromatic heterocycles. The number of rotatable bonds is 6. The monoisotopic (exact) mass is 339 g/mol. The highest BCUT2D eigenvalue weighted by molar-refractivity contribution is 5.76. The quantitative estimate of drug-likeness (QED) is 0.756. The molecule has 2 aromatic carbocycles. The Morgan fingerprint density at radius 1 is 1.12 bits per heavy atom. The number of hydrogen-bond acceptors (Lipinski definition) is 4. The normalized spacial score (nSPS) is 22.6. The van der Waals surface area contributed by atoms with E-state index in [4.69, 9.17) is 4.74 Å². The summed E-state index contributed by atoms with van der Waals surface area (Å²) in [5.74, 6) is 1.05. The molecule has 1 amide bonds. The van der Waals surface area contributed by atoms with Crippen LogP contribution in [0.4, 0.5) is 0 Å². The smallest absolute Gasteiger partial charge is 0.221 e. The minimum Gasteiger partial charge on any atom is -0.497 e. The van der Waals surface area contributed by atoms with Crippen LogP contribution in [0, 0.1) is 0 Å². The third kappa shape index (κ3) is 4.38. The van der Waals surface area contributed by atoms with E-state index < -0.39 is 0 Å². The van der Waals surface area contributed by atoms with E-state index in [0.717, 1.165) is 11.3 Å². The van der Waals surface area contributed by atoms with E-state index in [0.29, 0.717) is 12.8 Å². The Balaban J connectivity index is 1.58. The number of amides is 1. The van der Waals surface area contributed by atoms with Crippen molar-refractivity contribution in [1.82, 2.24) is 16.2 Å². The van der Waals surface area contributed by atoms with Gasteiger partial charge in [0.2, 0.25) is 5.91 Å². The van der Waals surface area contributed by atoms with Crippen LogP contribution in [0.25, 0.3) is 0 Å². The zero-order valence-electron chi connectivity index (χ0n) is 14.7. The van der Waals surface area contributed by atoms with Crippen molar-refractivity contribution in [1.29, 1.82) is 0 Å². The largest absolute Gasteiger partial charge is 0.497 e. The highest BCUT2D eigenvalue weighted by atomic mass is 16.5. The molecule has 5 heteroatoms. The number of methoxy groups -OCH3 is 1. The Morgan fingerprint density at radius 2 is 1.92 bits per heavy atom. The summed E-state index contributed by atoms with van der Waals surface area (Å²) >= 11 is 0. The number of ether oxygens (including phenoxy) is 1. The highest BCUT2D eigenvalue weighted by Crippen LogP contribution is 2.25. The zero-order chi connectivity index (χ0) is 17.6. The van der Waals surface area contributed by atoms with Crippen molar-refractivity contribution >= 4 is 5.91 Å². The number of carbonyl (C=O) groups is 1. The molecule has 0 aliphatic carbocycles. The molecule has 5 nitrogen and oxygen atoms in total. The van der Waals surface area contributed by atoms with Gasteiger partial charge in [-0.3, -0.25) is 10.2 Å². The van der Waals surface area contributed by atoms with Crippen molar-refractivity contribution in [2.45, 2.75) is 37.9 Å². The van der Waals surface area contributed by atoms with Gasteiger partial charge in [-0.25, -0.2) is 5.43 Å². The fourth-order valence-corrected chi connectivity index (χ4v) is 3.30. The Bertz CT molecular complexity index is 705. The predicted octanol–water partition coefficient (Wildman–Crippen LogP) is 2.35. The lowest BCUT2D eigenvalue weighted by Crippen LogP contribution is -2.46. The van der Waals surface area contributed by atoms with E-state index in [1.54, 1.807) is 7.11 Å². The fraction of sp³-hybridized carbons (Fsp3) is 0.350. The molecule has 0 bridgehead atoms. The van der Waals surface area contributed by atoms with Crippen LogP contribution in [0.5, 0.6) is 5.75 Å². The molecule has 1 saturated heterocycles. The van der Waals surface area contributed by atoms with Crippen LogP contribution < -0.4 is 20.9 Å². The molecule has 1 aliphatic rings. The van der Waals surface area contributed by atoms with E-state index >= 15 is 0 Å². The molecular weight excluding hydrogens is 314 g/mol. The Morgan fingerprint density at radius 3 is 2.68 bits per heavy atom. The van der Waals surface area contributed by atoms with Crippen LogP contribution in [0.15, 0.2) is 54.6 Å². The van der Waals surface area contributed by atoms with Gasteiger partial charge >= 0.3 is 0 Å². The first-order chi connectivity index (χ1) is 12.2. The number of aryl methyl sites for hydroxylation is 1. The van der Waals surface area contributed by atoms with Crippen LogP contribution in [-0.2, 0) is 11.2 Å². The average molecular weight is 339 g/mol. The van der Waals surface area contributed by atoms with Crippen molar-refractivity contribution in [3.63, 3.8) is 0 Å². The lowest BCUT2D eigenvalue weighted by Gasteiger charge is -2.22. The molecule has 0 radical (unpaired) electrons. The third-order valence-corrected chi connectivity index (χ3v) is 4.64. The molecule has 0 saturated carbocycles. The first-order valence-electron chi connectivity index (χ1n) is 8.65.